The van der Waals surface area contributed by atoms with E-state index in [1.807, 2.05) is 0 Å². The Morgan fingerprint density at radius 3 is 2.64 bits per heavy atom. The molecule has 0 bridgehead atoms. The van der Waals surface area contributed by atoms with Crippen molar-refractivity contribution in [2.75, 3.05) is 0 Å². The first-order valence-electron chi connectivity index (χ1n) is 6.62. The highest BCUT2D eigenvalue weighted by molar-refractivity contribution is 6.30. The van der Waals surface area contributed by atoms with Crippen LogP contribution in [-0.4, -0.2) is 10.5 Å². The molecule has 6 heteroatoms. The average Bonchev–Trinajstić information content (AvgIpc) is 2.83. The van der Waals surface area contributed by atoms with E-state index in [9.17, 15) is 9.59 Å². The smallest absolute Gasteiger partial charge is 0.420 e. The molecule has 1 heterocycles. The van der Waals surface area contributed by atoms with Gasteiger partial charge in [0.2, 0.25) is 0 Å². The lowest BCUT2D eigenvalue weighted by Gasteiger charge is -2.05. The molecule has 2 aromatic carbocycles. The van der Waals surface area contributed by atoms with Crippen molar-refractivity contribution in [3.05, 3.63) is 69.7 Å². The molecule has 1 aromatic heterocycles. The fourth-order valence-corrected chi connectivity index (χ4v) is 2.21. The summed E-state index contributed by atoms with van der Waals surface area (Å²) in [5.41, 5.74) is 1.83. The molecule has 0 N–H and O–H groups in total. The molecule has 0 aliphatic rings. The minimum Gasteiger partial charge on any atom is -0.459 e. The van der Waals surface area contributed by atoms with E-state index in [0.717, 1.165) is 5.56 Å². The highest BCUT2D eigenvalue weighted by Crippen LogP contribution is 2.13. The quantitative estimate of drug-likeness (QED) is 0.694. The van der Waals surface area contributed by atoms with Gasteiger partial charge in [0.25, 0.3) is 0 Å². The molecular formula is C16H12ClNO4. The predicted molar refractivity (Wildman–Crippen MR) is 81.7 cm³/mol. The number of nitrogens with zero attached hydrogens (tertiary/aromatic N) is 1. The van der Waals surface area contributed by atoms with Crippen LogP contribution in [-0.2, 0) is 22.7 Å². The molecule has 0 spiro atoms. The number of benzene rings is 2. The maximum atomic E-state index is 11.9. The molecule has 0 atom stereocenters. The number of hydrogen-bond acceptors (Lipinski definition) is 4. The molecule has 0 aliphatic carbocycles. The van der Waals surface area contributed by atoms with Crippen molar-refractivity contribution in [2.24, 2.45) is 0 Å². The predicted octanol–water partition coefficient (Wildman–Crippen LogP) is 2.99. The molecule has 3 rings (SSSR count). The summed E-state index contributed by atoms with van der Waals surface area (Å²) in [5.74, 6) is -1.09. The van der Waals surface area contributed by atoms with Gasteiger partial charge in [-0.2, -0.15) is 0 Å². The van der Waals surface area contributed by atoms with Crippen molar-refractivity contribution in [3.63, 3.8) is 0 Å². The first-order chi connectivity index (χ1) is 10.6. The summed E-state index contributed by atoms with van der Waals surface area (Å²) in [5, 5.41) is 0.617. The number of halogens is 1. The Morgan fingerprint density at radius 1 is 1.14 bits per heavy atom. The van der Waals surface area contributed by atoms with Crippen LogP contribution in [0.3, 0.4) is 0 Å². The van der Waals surface area contributed by atoms with Gasteiger partial charge in [-0.05, 0) is 29.8 Å². The average molecular weight is 318 g/mol. The fraction of sp³-hybridized carbons (Fsp3) is 0.125. The van der Waals surface area contributed by atoms with Gasteiger partial charge < -0.3 is 9.15 Å². The normalized spacial score (nSPS) is 10.8. The fourth-order valence-electron chi connectivity index (χ4n) is 2.08. The second-order valence-electron chi connectivity index (χ2n) is 4.71. The van der Waals surface area contributed by atoms with Crippen LogP contribution in [0.4, 0.5) is 0 Å². The second kappa shape index (κ2) is 6.07. The molecule has 112 valence electrons. The van der Waals surface area contributed by atoms with Gasteiger partial charge in [-0.3, -0.25) is 9.36 Å². The van der Waals surface area contributed by atoms with Crippen LogP contribution < -0.4 is 5.76 Å². The standard InChI is InChI=1S/C16H12ClNO4/c17-12-7-5-11(6-8-12)10-21-15(19)9-18-13-3-1-2-4-14(13)22-16(18)20/h1-8H,9-10H2. The second-order valence-corrected chi connectivity index (χ2v) is 5.15. The molecule has 5 nitrogen and oxygen atoms in total. The molecule has 0 amide bonds. The zero-order chi connectivity index (χ0) is 15.5. The van der Waals surface area contributed by atoms with Gasteiger partial charge in [-0.15, -0.1) is 0 Å². The molecule has 0 saturated heterocycles. The number of carbonyl (C=O) groups is 1. The van der Waals surface area contributed by atoms with Crippen molar-refractivity contribution in [2.45, 2.75) is 13.2 Å². The van der Waals surface area contributed by atoms with Crippen molar-refractivity contribution >= 4 is 28.7 Å². The van der Waals surface area contributed by atoms with E-state index in [1.165, 1.54) is 4.57 Å². The van der Waals surface area contributed by atoms with Crippen molar-refractivity contribution < 1.29 is 13.9 Å². The van der Waals surface area contributed by atoms with Crippen LogP contribution in [0.2, 0.25) is 5.02 Å². The minimum absolute atomic E-state index is 0.126. The van der Waals surface area contributed by atoms with Crippen LogP contribution >= 0.6 is 11.6 Å². The molecule has 0 unspecified atom stereocenters. The molecule has 0 fully saturated rings. The van der Waals surface area contributed by atoms with Gasteiger partial charge in [0.1, 0.15) is 13.2 Å². The third-order valence-electron chi connectivity index (χ3n) is 3.17. The van der Waals surface area contributed by atoms with E-state index >= 15 is 0 Å². The number of para-hydroxylation sites is 2. The highest BCUT2D eigenvalue weighted by Gasteiger charge is 2.13. The van der Waals surface area contributed by atoms with Gasteiger partial charge >= 0.3 is 11.7 Å². The number of oxazole rings is 1. The molecule has 0 aliphatic heterocycles. The van der Waals surface area contributed by atoms with E-state index < -0.39 is 11.7 Å². The topological polar surface area (TPSA) is 61.4 Å². The van der Waals surface area contributed by atoms with Gasteiger partial charge in [-0.1, -0.05) is 35.9 Å². The van der Waals surface area contributed by atoms with Gasteiger partial charge in [0, 0.05) is 5.02 Å². The largest absolute Gasteiger partial charge is 0.459 e. The number of carbonyl (C=O) groups excluding carboxylic acids is 1. The van der Waals surface area contributed by atoms with Crippen LogP contribution in [0, 0.1) is 0 Å². The third kappa shape index (κ3) is 3.04. The summed E-state index contributed by atoms with van der Waals surface area (Å²) in [6, 6.07) is 13.9. The van der Waals surface area contributed by atoms with Gasteiger partial charge in [0.15, 0.2) is 5.58 Å². The maximum absolute atomic E-state index is 11.9. The lowest BCUT2D eigenvalue weighted by atomic mass is 10.2. The highest BCUT2D eigenvalue weighted by atomic mass is 35.5. The number of ether oxygens (including phenoxy) is 1. The van der Waals surface area contributed by atoms with Crippen molar-refractivity contribution in [1.29, 1.82) is 0 Å². The Kier molecular flexibility index (Phi) is 3.98. The van der Waals surface area contributed by atoms with Crippen LogP contribution in [0.15, 0.2) is 57.7 Å². The molecule has 0 radical (unpaired) electrons. The number of esters is 1. The van der Waals surface area contributed by atoms with Gasteiger partial charge in [0.05, 0.1) is 5.52 Å². The molecule has 22 heavy (non-hydrogen) atoms. The molecule has 3 aromatic rings. The monoisotopic (exact) mass is 317 g/mol. The Hall–Kier alpha value is -2.53. The number of fused-ring (bicyclic) bond motifs is 1. The molecular weight excluding hydrogens is 306 g/mol. The SMILES string of the molecule is O=C(Cn1c(=O)oc2ccccc21)OCc1ccc(Cl)cc1. The van der Waals surface area contributed by atoms with E-state index in [2.05, 4.69) is 0 Å². The minimum atomic E-state index is -0.579. The Balaban J connectivity index is 1.69. The van der Waals surface area contributed by atoms with E-state index in [4.69, 9.17) is 20.8 Å². The number of aromatic nitrogens is 1. The number of hydrogen-bond donors (Lipinski definition) is 0. The first-order valence-corrected chi connectivity index (χ1v) is 7.00. The van der Waals surface area contributed by atoms with E-state index in [0.29, 0.717) is 16.1 Å². The van der Waals surface area contributed by atoms with E-state index in [-0.39, 0.29) is 13.2 Å². The van der Waals surface area contributed by atoms with E-state index in [1.54, 1.807) is 48.5 Å². The summed E-state index contributed by atoms with van der Waals surface area (Å²) < 4.78 is 11.5. The Labute approximate surface area is 130 Å². The zero-order valence-corrected chi connectivity index (χ0v) is 12.2. The number of rotatable bonds is 4. The zero-order valence-electron chi connectivity index (χ0n) is 11.5. The first kappa shape index (κ1) is 14.4. The lowest BCUT2D eigenvalue weighted by molar-refractivity contribution is -0.145. The summed E-state index contributed by atoms with van der Waals surface area (Å²) in [7, 11) is 0. The lowest BCUT2D eigenvalue weighted by Crippen LogP contribution is -2.21. The van der Waals surface area contributed by atoms with Crippen LogP contribution in [0.1, 0.15) is 5.56 Å². The summed E-state index contributed by atoms with van der Waals surface area (Å²) in [4.78, 5) is 23.7. The van der Waals surface area contributed by atoms with Crippen molar-refractivity contribution in [3.8, 4) is 0 Å². The molecule has 0 saturated carbocycles. The Morgan fingerprint density at radius 2 is 1.86 bits per heavy atom. The van der Waals surface area contributed by atoms with Crippen molar-refractivity contribution in [1.82, 2.24) is 4.57 Å². The van der Waals surface area contributed by atoms with Crippen LogP contribution in [0.5, 0.6) is 0 Å². The van der Waals surface area contributed by atoms with Crippen LogP contribution in [0.25, 0.3) is 11.1 Å². The summed E-state index contributed by atoms with van der Waals surface area (Å²) in [6.45, 7) is -0.0655. The van der Waals surface area contributed by atoms with Gasteiger partial charge in [-0.25, -0.2) is 4.79 Å². The summed E-state index contributed by atoms with van der Waals surface area (Å²) in [6.07, 6.45) is 0. The summed E-state index contributed by atoms with van der Waals surface area (Å²) >= 11 is 5.79. The maximum Gasteiger partial charge on any atom is 0.420 e. The third-order valence-corrected chi connectivity index (χ3v) is 3.43. The Bertz CT molecular complexity index is 864.